The normalized spacial score (nSPS) is 29.8. The molecule has 2 aromatic carbocycles. The number of esters is 1. The fourth-order valence-corrected chi connectivity index (χ4v) is 8.53. The Morgan fingerprint density at radius 1 is 0.902 bits per heavy atom. The van der Waals surface area contributed by atoms with Crippen molar-refractivity contribution < 1.29 is 58.9 Å². The molecule has 9 atom stereocenters. The van der Waals surface area contributed by atoms with Crippen LogP contribution in [0.15, 0.2) is 41.2 Å². The van der Waals surface area contributed by atoms with Gasteiger partial charge in [-0.2, -0.15) is 5.10 Å². The SMILES string of the molecule is CO[C@@H]1C=CO[C@@]2(C)Oc3c(C)c(O)c4c(O)c(c(C=NN5CCCCCCCC5)c(O)c4c3C2=O)NC(=O)C(C)=CC=C[C@H](C)[C@H](O)[C@H](C)[C@H](O)[C@H](C)[C@@H](OC(C)=O)[C@@H]1C. The van der Waals surface area contributed by atoms with E-state index in [0.717, 1.165) is 38.5 Å². The maximum absolute atomic E-state index is 14.5. The third kappa shape index (κ3) is 9.84. The van der Waals surface area contributed by atoms with Crippen LogP contribution >= 0.6 is 0 Å². The van der Waals surface area contributed by atoms with Gasteiger partial charge in [0.2, 0.25) is 0 Å². The first-order valence-electron chi connectivity index (χ1n) is 21.2. The number of aromatic hydroxyl groups is 3. The highest BCUT2D eigenvalue weighted by Crippen LogP contribution is 2.55. The summed E-state index contributed by atoms with van der Waals surface area (Å²) in [5, 5.41) is 67.5. The van der Waals surface area contributed by atoms with Gasteiger partial charge in [-0.1, -0.05) is 71.6 Å². The van der Waals surface area contributed by atoms with E-state index in [9.17, 15) is 39.9 Å². The number of fused-ring (bicyclic) bond motifs is 14. The summed E-state index contributed by atoms with van der Waals surface area (Å²) in [5.41, 5.74) is -0.276. The van der Waals surface area contributed by atoms with Gasteiger partial charge in [-0.05, 0) is 32.8 Å². The Hall–Kier alpha value is -5.12. The second-order valence-corrected chi connectivity index (χ2v) is 16.9. The van der Waals surface area contributed by atoms with E-state index in [4.69, 9.17) is 18.9 Å². The lowest BCUT2D eigenvalue weighted by atomic mass is 9.78. The van der Waals surface area contributed by atoms with E-state index in [1.807, 2.05) is 5.01 Å². The van der Waals surface area contributed by atoms with Crippen molar-refractivity contribution in [3.05, 3.63) is 52.8 Å². The molecule has 0 radical (unpaired) electrons. The Labute approximate surface area is 357 Å². The molecule has 0 unspecified atom stereocenters. The summed E-state index contributed by atoms with van der Waals surface area (Å²) in [6.45, 7) is 13.9. The number of amides is 1. The maximum Gasteiger partial charge on any atom is 0.312 e. The Bertz CT molecular complexity index is 2090. The summed E-state index contributed by atoms with van der Waals surface area (Å²) in [4.78, 5) is 40.7. The number of nitrogens with one attached hydrogen (secondary N) is 1. The Balaban J connectivity index is 1.71. The second-order valence-electron chi connectivity index (χ2n) is 16.9. The Morgan fingerprint density at radius 3 is 2.16 bits per heavy atom. The molecule has 1 fully saturated rings. The number of anilines is 1. The summed E-state index contributed by atoms with van der Waals surface area (Å²) in [6, 6.07) is 0. The number of carbonyl (C=O) groups excluding carboxylic acids is 3. The van der Waals surface area contributed by atoms with Crippen molar-refractivity contribution in [1.29, 1.82) is 0 Å². The number of Topliss-reactive ketones (excluding diaryl/α,β-unsaturated/α-hetero) is 1. The van der Waals surface area contributed by atoms with Crippen molar-refractivity contribution in [3.63, 3.8) is 0 Å². The van der Waals surface area contributed by atoms with Crippen LogP contribution in [0.3, 0.4) is 0 Å². The zero-order chi connectivity index (χ0) is 44.9. The lowest BCUT2D eigenvalue weighted by Crippen LogP contribution is -2.46. The zero-order valence-electron chi connectivity index (χ0n) is 36.7. The molecule has 5 bridgehead atoms. The monoisotopic (exact) mass is 849 g/mol. The van der Waals surface area contributed by atoms with Crippen LogP contribution in [0.25, 0.3) is 10.8 Å². The number of methoxy groups -OCH3 is 1. The van der Waals surface area contributed by atoms with Crippen LogP contribution in [-0.2, 0) is 23.8 Å². The summed E-state index contributed by atoms with van der Waals surface area (Å²) in [6.07, 6.45) is 11.1. The quantitative estimate of drug-likeness (QED) is 0.0814. The average molecular weight is 850 g/mol. The standard InChI is InChI=1S/C46H63N3O12/c1-24-17-16-18-25(2)45(57)48-36-31(23-47-49-20-14-12-10-11-13-15-21-49)40(54)33-34(41(36)55)39(53)29(6)43-35(33)44(56)46(8,61-43)59-22-19-32(58-9)26(3)42(60-30(7)50)28(5)38(52)27(4)37(24)51/h16-19,22-24,26-28,32,37-38,42,51-55H,10-15,20-21H2,1-9H3,(H,48,57)/t24-,26+,27-,28-,32+,37-,38-,42-,46-/m0/s1. The average Bonchev–Trinajstić information content (AvgIpc) is 3.56. The maximum atomic E-state index is 14.5. The number of benzene rings is 2. The van der Waals surface area contributed by atoms with Crippen LogP contribution < -0.4 is 10.1 Å². The molecule has 2 aromatic rings. The van der Waals surface area contributed by atoms with Gasteiger partial charge in [0.1, 0.15) is 23.4 Å². The van der Waals surface area contributed by atoms with E-state index in [-0.39, 0.29) is 44.5 Å². The fourth-order valence-electron chi connectivity index (χ4n) is 8.53. The van der Waals surface area contributed by atoms with Crippen molar-refractivity contribution >= 4 is 40.3 Å². The molecular weight excluding hydrogens is 787 g/mol. The number of ether oxygens (including phenoxy) is 4. The van der Waals surface area contributed by atoms with Gasteiger partial charge in [0.05, 0.1) is 53.0 Å². The molecular formula is C46H63N3O12. The number of allylic oxidation sites excluding steroid dienone is 2. The number of phenols is 3. The topological polar surface area (TPSA) is 217 Å². The third-order valence-corrected chi connectivity index (χ3v) is 12.5. The highest BCUT2D eigenvalue weighted by atomic mass is 16.7. The van der Waals surface area contributed by atoms with Crippen LogP contribution in [0.1, 0.15) is 108 Å². The molecule has 1 amide bonds. The summed E-state index contributed by atoms with van der Waals surface area (Å²) in [7, 11) is 1.44. The van der Waals surface area contributed by atoms with Crippen molar-refractivity contribution in [2.24, 2.45) is 28.8 Å². The number of hydrogen-bond donors (Lipinski definition) is 6. The molecule has 1 saturated heterocycles. The predicted octanol–water partition coefficient (Wildman–Crippen LogP) is 6.74. The Kier molecular flexibility index (Phi) is 15.2. The molecule has 15 heteroatoms. The first kappa shape index (κ1) is 46.9. The smallest absolute Gasteiger partial charge is 0.312 e. The third-order valence-electron chi connectivity index (χ3n) is 12.5. The molecule has 6 N–H and O–H groups in total. The van der Waals surface area contributed by atoms with E-state index in [1.165, 1.54) is 59.4 Å². The van der Waals surface area contributed by atoms with Crippen molar-refractivity contribution in [2.45, 2.75) is 124 Å². The minimum atomic E-state index is -2.04. The number of hydrazone groups is 1. The molecule has 4 aliphatic rings. The summed E-state index contributed by atoms with van der Waals surface area (Å²) in [5.74, 6) is -8.25. The molecule has 0 saturated carbocycles. The van der Waals surface area contributed by atoms with Gasteiger partial charge in [0.25, 0.3) is 11.7 Å². The van der Waals surface area contributed by atoms with Crippen molar-refractivity contribution in [3.8, 4) is 23.0 Å². The van der Waals surface area contributed by atoms with Gasteiger partial charge in [-0.3, -0.25) is 19.4 Å². The number of aliphatic hydroxyl groups excluding tert-OH is 2. The van der Waals surface area contributed by atoms with Crippen LogP contribution in [0.2, 0.25) is 0 Å². The number of hydrogen-bond acceptors (Lipinski definition) is 14. The summed E-state index contributed by atoms with van der Waals surface area (Å²) < 4.78 is 23.7. The van der Waals surface area contributed by atoms with E-state index in [0.29, 0.717) is 13.1 Å². The van der Waals surface area contributed by atoms with Crippen LogP contribution in [0.4, 0.5) is 5.69 Å². The first-order valence-corrected chi connectivity index (χ1v) is 21.2. The molecule has 15 nitrogen and oxygen atoms in total. The molecule has 4 heterocycles. The number of rotatable bonds is 4. The molecule has 4 aliphatic heterocycles. The lowest BCUT2D eigenvalue weighted by molar-refractivity contribution is -0.160. The van der Waals surface area contributed by atoms with E-state index in [2.05, 4.69) is 10.4 Å². The summed E-state index contributed by atoms with van der Waals surface area (Å²) >= 11 is 0. The highest BCUT2D eigenvalue weighted by Gasteiger charge is 2.50. The van der Waals surface area contributed by atoms with Gasteiger partial charge in [-0.25, -0.2) is 0 Å². The van der Waals surface area contributed by atoms with Gasteiger partial charge in [0, 0.05) is 74.2 Å². The number of nitrogens with zero attached hydrogens (tertiary/aromatic N) is 2. The van der Waals surface area contributed by atoms with E-state index >= 15 is 0 Å². The largest absolute Gasteiger partial charge is 0.507 e. The molecule has 0 aromatic heterocycles. The highest BCUT2D eigenvalue weighted by molar-refractivity contribution is 6.23. The van der Waals surface area contributed by atoms with Crippen molar-refractivity contribution in [2.75, 3.05) is 25.5 Å². The Morgan fingerprint density at radius 2 is 1.54 bits per heavy atom. The zero-order valence-corrected chi connectivity index (χ0v) is 36.7. The lowest BCUT2D eigenvalue weighted by Gasteiger charge is -2.38. The van der Waals surface area contributed by atoms with Crippen LogP contribution in [-0.4, -0.2) is 105 Å². The van der Waals surface area contributed by atoms with E-state index < -0.39 is 88.8 Å². The first-order chi connectivity index (χ1) is 28.8. The van der Waals surface area contributed by atoms with E-state index in [1.54, 1.807) is 39.8 Å². The number of ketones is 1. The van der Waals surface area contributed by atoms with Crippen LogP contribution in [0.5, 0.6) is 23.0 Å². The molecule has 6 rings (SSSR count). The van der Waals surface area contributed by atoms with Gasteiger partial charge >= 0.3 is 11.8 Å². The number of carbonyl (C=O) groups is 3. The minimum absolute atomic E-state index is 0.0645. The fraction of sp³-hybridized carbons (Fsp3) is 0.565. The van der Waals surface area contributed by atoms with Gasteiger partial charge in [0.15, 0.2) is 5.75 Å². The second kappa shape index (κ2) is 19.7. The predicted molar refractivity (Wildman–Crippen MR) is 231 cm³/mol. The molecule has 0 aliphatic carbocycles. The van der Waals surface area contributed by atoms with Gasteiger partial charge < -0.3 is 49.8 Å². The number of phenolic OH excluding ortho intramolecular Hbond substituents is 3. The number of aliphatic hydroxyl groups is 2. The molecule has 0 spiro atoms. The molecule has 334 valence electrons. The van der Waals surface area contributed by atoms with Gasteiger partial charge in [-0.15, -0.1) is 0 Å². The molecule has 61 heavy (non-hydrogen) atoms. The van der Waals surface area contributed by atoms with Crippen molar-refractivity contribution in [1.82, 2.24) is 5.01 Å². The minimum Gasteiger partial charge on any atom is -0.507 e. The van der Waals surface area contributed by atoms with Crippen LogP contribution in [0, 0.1) is 30.6 Å².